The van der Waals surface area contributed by atoms with Crippen molar-refractivity contribution >= 4 is 16.6 Å². The predicted octanol–water partition coefficient (Wildman–Crippen LogP) is 2.68. The van der Waals surface area contributed by atoms with Crippen molar-refractivity contribution in [2.75, 3.05) is 18.0 Å². The van der Waals surface area contributed by atoms with Gasteiger partial charge in [0, 0.05) is 36.9 Å². The maximum absolute atomic E-state index is 5.74. The van der Waals surface area contributed by atoms with Gasteiger partial charge in [0.2, 0.25) is 0 Å². The zero-order valence-electron chi connectivity index (χ0n) is 10.6. The summed E-state index contributed by atoms with van der Waals surface area (Å²) in [7, 11) is 0. The highest BCUT2D eigenvalue weighted by molar-refractivity contribution is 5.92. The largest absolute Gasteiger partial charge is 0.371 e. The summed E-state index contributed by atoms with van der Waals surface area (Å²) < 4.78 is 0. The maximum Gasteiger partial charge on any atom is 0.0723 e. The molecule has 1 saturated heterocycles. The van der Waals surface area contributed by atoms with Crippen molar-refractivity contribution in [3.8, 4) is 0 Å². The Morgan fingerprint density at radius 2 is 1.94 bits per heavy atom. The van der Waals surface area contributed by atoms with Crippen LogP contribution in [-0.2, 0) is 6.54 Å². The number of rotatable bonds is 2. The van der Waals surface area contributed by atoms with Gasteiger partial charge in [0.1, 0.15) is 0 Å². The second-order valence-electron chi connectivity index (χ2n) is 4.93. The van der Waals surface area contributed by atoms with E-state index in [4.69, 9.17) is 5.73 Å². The fraction of sp³-hybridized carbons (Fsp3) is 0.400. The first-order valence-electron chi connectivity index (χ1n) is 6.71. The lowest BCUT2D eigenvalue weighted by Crippen LogP contribution is -2.29. The molecule has 94 valence electrons. The molecule has 0 bridgehead atoms. The van der Waals surface area contributed by atoms with Gasteiger partial charge >= 0.3 is 0 Å². The summed E-state index contributed by atoms with van der Waals surface area (Å²) >= 11 is 0. The van der Waals surface area contributed by atoms with E-state index >= 15 is 0 Å². The zero-order valence-corrected chi connectivity index (χ0v) is 10.6. The number of hydrogen-bond donors (Lipinski definition) is 1. The topological polar surface area (TPSA) is 42.1 Å². The molecule has 1 fully saturated rings. The molecule has 0 spiro atoms. The number of nitrogens with two attached hydrogens (primary N) is 1. The second-order valence-corrected chi connectivity index (χ2v) is 4.93. The molecule has 2 heterocycles. The van der Waals surface area contributed by atoms with Crippen LogP contribution in [0.4, 0.5) is 5.69 Å². The van der Waals surface area contributed by atoms with Gasteiger partial charge in [0.15, 0.2) is 0 Å². The maximum atomic E-state index is 5.74. The molecule has 3 nitrogen and oxygen atoms in total. The Hall–Kier alpha value is -1.61. The standard InChI is InChI=1S/C15H19N3/c16-11-12-4-5-14-13(10-12)15(6-7-17-14)18-8-2-1-3-9-18/h4-7,10H,1-3,8-9,11,16H2. The van der Waals surface area contributed by atoms with E-state index in [0.717, 1.165) is 18.6 Å². The molecule has 0 radical (unpaired) electrons. The molecule has 2 aromatic rings. The molecule has 18 heavy (non-hydrogen) atoms. The molecule has 0 aliphatic carbocycles. The average molecular weight is 241 g/mol. The van der Waals surface area contributed by atoms with Crippen LogP contribution in [0, 0.1) is 0 Å². The van der Waals surface area contributed by atoms with Gasteiger partial charge in [-0.1, -0.05) is 6.07 Å². The molecular weight excluding hydrogens is 222 g/mol. The van der Waals surface area contributed by atoms with E-state index in [2.05, 4.69) is 34.1 Å². The van der Waals surface area contributed by atoms with Gasteiger partial charge in [-0.2, -0.15) is 0 Å². The van der Waals surface area contributed by atoms with Crippen LogP contribution in [0.15, 0.2) is 30.5 Å². The van der Waals surface area contributed by atoms with Gasteiger partial charge in [-0.15, -0.1) is 0 Å². The van der Waals surface area contributed by atoms with Crippen molar-refractivity contribution < 1.29 is 0 Å². The highest BCUT2D eigenvalue weighted by Crippen LogP contribution is 2.28. The fourth-order valence-electron chi connectivity index (χ4n) is 2.72. The number of fused-ring (bicyclic) bond motifs is 1. The van der Waals surface area contributed by atoms with E-state index in [1.54, 1.807) is 0 Å². The molecule has 1 aliphatic heterocycles. The summed E-state index contributed by atoms with van der Waals surface area (Å²) in [6, 6.07) is 8.46. The highest BCUT2D eigenvalue weighted by atomic mass is 15.1. The molecule has 1 aromatic carbocycles. The van der Waals surface area contributed by atoms with E-state index in [-0.39, 0.29) is 0 Å². The summed E-state index contributed by atoms with van der Waals surface area (Å²) in [6.45, 7) is 2.90. The molecule has 1 aliphatic rings. The Morgan fingerprint density at radius 1 is 1.11 bits per heavy atom. The molecule has 0 atom stereocenters. The number of nitrogens with zero attached hydrogens (tertiary/aromatic N) is 2. The molecule has 0 unspecified atom stereocenters. The van der Waals surface area contributed by atoms with Crippen LogP contribution in [-0.4, -0.2) is 18.1 Å². The summed E-state index contributed by atoms with van der Waals surface area (Å²) in [5.74, 6) is 0. The number of pyridine rings is 1. The molecule has 0 saturated carbocycles. The first-order chi connectivity index (χ1) is 8.88. The number of anilines is 1. The molecule has 0 amide bonds. The first kappa shape index (κ1) is 11.5. The molecule has 1 aromatic heterocycles. The van der Waals surface area contributed by atoms with Gasteiger partial charge in [-0.05, 0) is 43.0 Å². The van der Waals surface area contributed by atoms with E-state index < -0.39 is 0 Å². The third-order valence-corrected chi connectivity index (χ3v) is 3.72. The molecule has 2 N–H and O–H groups in total. The number of piperidine rings is 1. The lowest BCUT2D eigenvalue weighted by Gasteiger charge is -2.29. The summed E-state index contributed by atoms with van der Waals surface area (Å²) in [5.41, 5.74) is 9.29. The number of benzene rings is 1. The van der Waals surface area contributed by atoms with Crippen LogP contribution in [0.2, 0.25) is 0 Å². The van der Waals surface area contributed by atoms with Crippen LogP contribution in [0.25, 0.3) is 10.9 Å². The van der Waals surface area contributed by atoms with Crippen molar-refractivity contribution in [2.24, 2.45) is 5.73 Å². The number of aromatic nitrogens is 1. The third kappa shape index (κ3) is 2.06. The van der Waals surface area contributed by atoms with Crippen molar-refractivity contribution in [2.45, 2.75) is 25.8 Å². The van der Waals surface area contributed by atoms with E-state index in [1.165, 1.54) is 35.9 Å². The molecule has 3 heteroatoms. The van der Waals surface area contributed by atoms with Crippen molar-refractivity contribution in [1.82, 2.24) is 4.98 Å². The lowest BCUT2D eigenvalue weighted by molar-refractivity contribution is 0.579. The normalized spacial score (nSPS) is 16.2. The van der Waals surface area contributed by atoms with Gasteiger partial charge in [-0.25, -0.2) is 0 Å². The van der Waals surface area contributed by atoms with E-state index in [9.17, 15) is 0 Å². The van der Waals surface area contributed by atoms with Crippen LogP contribution in [0.3, 0.4) is 0 Å². The van der Waals surface area contributed by atoms with Gasteiger partial charge in [-0.3, -0.25) is 4.98 Å². The van der Waals surface area contributed by atoms with E-state index in [0.29, 0.717) is 6.54 Å². The van der Waals surface area contributed by atoms with Gasteiger partial charge < -0.3 is 10.6 Å². The highest BCUT2D eigenvalue weighted by Gasteiger charge is 2.13. The SMILES string of the molecule is NCc1ccc2nccc(N3CCCCC3)c2c1. The van der Waals surface area contributed by atoms with Crippen LogP contribution >= 0.6 is 0 Å². The lowest BCUT2D eigenvalue weighted by atomic mass is 10.1. The second kappa shape index (κ2) is 4.94. The Bertz CT molecular complexity index is 544. The summed E-state index contributed by atoms with van der Waals surface area (Å²) in [4.78, 5) is 6.92. The number of hydrogen-bond acceptors (Lipinski definition) is 3. The van der Waals surface area contributed by atoms with Crippen molar-refractivity contribution in [1.29, 1.82) is 0 Å². The summed E-state index contributed by atoms with van der Waals surface area (Å²) in [5, 5.41) is 1.24. The Labute approximate surface area is 108 Å². The summed E-state index contributed by atoms with van der Waals surface area (Å²) in [6.07, 6.45) is 5.85. The monoisotopic (exact) mass is 241 g/mol. The van der Waals surface area contributed by atoms with Crippen molar-refractivity contribution in [3.63, 3.8) is 0 Å². The quantitative estimate of drug-likeness (QED) is 0.879. The predicted molar refractivity (Wildman–Crippen MR) is 75.7 cm³/mol. The van der Waals surface area contributed by atoms with Crippen LogP contribution in [0.5, 0.6) is 0 Å². The Kier molecular flexibility index (Phi) is 3.15. The minimum absolute atomic E-state index is 0.588. The smallest absolute Gasteiger partial charge is 0.0723 e. The van der Waals surface area contributed by atoms with Gasteiger partial charge in [0.25, 0.3) is 0 Å². The third-order valence-electron chi connectivity index (χ3n) is 3.72. The average Bonchev–Trinajstić information content (AvgIpc) is 2.47. The zero-order chi connectivity index (χ0) is 12.4. The van der Waals surface area contributed by atoms with Crippen LogP contribution < -0.4 is 10.6 Å². The Morgan fingerprint density at radius 3 is 2.72 bits per heavy atom. The minimum Gasteiger partial charge on any atom is -0.371 e. The fourth-order valence-corrected chi connectivity index (χ4v) is 2.72. The van der Waals surface area contributed by atoms with E-state index in [1.807, 2.05) is 6.20 Å². The van der Waals surface area contributed by atoms with Crippen LogP contribution in [0.1, 0.15) is 24.8 Å². The molecular formula is C15H19N3. The molecule has 3 rings (SSSR count). The Balaban J connectivity index is 2.09. The first-order valence-corrected chi connectivity index (χ1v) is 6.71. The van der Waals surface area contributed by atoms with Gasteiger partial charge in [0.05, 0.1) is 5.52 Å². The van der Waals surface area contributed by atoms with Crippen molar-refractivity contribution in [3.05, 3.63) is 36.0 Å². The minimum atomic E-state index is 0.588.